The summed E-state index contributed by atoms with van der Waals surface area (Å²) in [5.74, 6) is -0.114. The summed E-state index contributed by atoms with van der Waals surface area (Å²) in [6.45, 7) is 4.90. The van der Waals surface area contributed by atoms with Gasteiger partial charge in [0.05, 0.1) is 0 Å². The Balaban J connectivity index is 1.42. The molecule has 0 saturated carbocycles. The summed E-state index contributed by atoms with van der Waals surface area (Å²) in [6.07, 6.45) is 2.67. The molecule has 0 fully saturated rings. The molecular weight excluding hydrogens is 394 g/mol. The molecule has 3 aromatic carbocycles. The van der Waals surface area contributed by atoms with Gasteiger partial charge in [-0.05, 0) is 67.4 Å². The molecule has 4 aromatic rings. The van der Waals surface area contributed by atoms with Crippen molar-refractivity contribution in [3.05, 3.63) is 114 Å². The standard InChI is InChI=1S/C28H27N3O/c1-20-6-9-22(10-7-20)27-19-21(2)8-15-26(27)28(32)31-25-13-11-24(12-14-25)30-18-16-23-5-3-4-17-29-23/h3-15,17,19,30H,16,18H2,1-2H3,(H,31,32). The molecule has 160 valence electrons. The van der Waals surface area contributed by atoms with Crippen LogP contribution in [0.25, 0.3) is 11.1 Å². The van der Waals surface area contributed by atoms with Crippen molar-refractivity contribution in [3.63, 3.8) is 0 Å². The highest BCUT2D eigenvalue weighted by Gasteiger charge is 2.13. The number of nitrogens with one attached hydrogen (secondary N) is 2. The van der Waals surface area contributed by atoms with Gasteiger partial charge in [0.2, 0.25) is 0 Å². The topological polar surface area (TPSA) is 54.0 Å². The summed E-state index contributed by atoms with van der Waals surface area (Å²) < 4.78 is 0. The molecule has 0 saturated heterocycles. The average molecular weight is 422 g/mol. The third-order valence-electron chi connectivity index (χ3n) is 5.36. The maximum absolute atomic E-state index is 13.1. The summed E-state index contributed by atoms with van der Waals surface area (Å²) in [6, 6.07) is 27.9. The number of hydrogen-bond donors (Lipinski definition) is 2. The van der Waals surface area contributed by atoms with Gasteiger partial charge in [0.25, 0.3) is 5.91 Å². The Morgan fingerprint density at radius 3 is 2.25 bits per heavy atom. The maximum atomic E-state index is 13.1. The van der Waals surface area contributed by atoms with Crippen LogP contribution in [0.4, 0.5) is 11.4 Å². The van der Waals surface area contributed by atoms with Crippen LogP contribution >= 0.6 is 0 Å². The predicted octanol–water partition coefficient (Wildman–Crippen LogP) is 6.27. The van der Waals surface area contributed by atoms with Gasteiger partial charge in [0.15, 0.2) is 0 Å². The number of amides is 1. The first-order valence-electron chi connectivity index (χ1n) is 10.8. The first-order valence-corrected chi connectivity index (χ1v) is 10.8. The van der Waals surface area contributed by atoms with Gasteiger partial charge < -0.3 is 10.6 Å². The van der Waals surface area contributed by atoms with Crippen molar-refractivity contribution in [2.75, 3.05) is 17.2 Å². The summed E-state index contributed by atoms with van der Waals surface area (Å²) in [5, 5.41) is 6.43. The Morgan fingerprint density at radius 1 is 0.812 bits per heavy atom. The maximum Gasteiger partial charge on any atom is 0.256 e. The minimum atomic E-state index is -0.114. The summed E-state index contributed by atoms with van der Waals surface area (Å²) in [5.41, 5.74) is 7.80. The molecule has 4 nitrogen and oxygen atoms in total. The smallest absolute Gasteiger partial charge is 0.256 e. The molecule has 0 unspecified atom stereocenters. The number of nitrogens with zero attached hydrogens (tertiary/aromatic N) is 1. The number of anilines is 2. The van der Waals surface area contributed by atoms with Gasteiger partial charge in [0, 0.05) is 41.8 Å². The van der Waals surface area contributed by atoms with E-state index in [1.807, 2.05) is 67.7 Å². The SMILES string of the molecule is Cc1ccc(-c2cc(C)ccc2C(=O)Nc2ccc(NCCc3ccccn3)cc2)cc1. The van der Waals surface area contributed by atoms with Crippen LogP contribution in [0.1, 0.15) is 27.2 Å². The van der Waals surface area contributed by atoms with Crippen LogP contribution < -0.4 is 10.6 Å². The molecule has 0 bridgehead atoms. The monoisotopic (exact) mass is 421 g/mol. The quantitative estimate of drug-likeness (QED) is 0.370. The lowest BCUT2D eigenvalue weighted by Gasteiger charge is -2.13. The molecule has 1 heterocycles. The van der Waals surface area contributed by atoms with Crippen LogP contribution in [-0.4, -0.2) is 17.4 Å². The fraction of sp³-hybridized carbons (Fsp3) is 0.143. The van der Waals surface area contributed by atoms with E-state index < -0.39 is 0 Å². The van der Waals surface area contributed by atoms with Crippen molar-refractivity contribution in [2.24, 2.45) is 0 Å². The zero-order valence-corrected chi connectivity index (χ0v) is 18.4. The molecule has 1 amide bonds. The van der Waals surface area contributed by atoms with Crippen molar-refractivity contribution in [1.29, 1.82) is 0 Å². The van der Waals surface area contributed by atoms with E-state index in [0.717, 1.165) is 46.7 Å². The van der Waals surface area contributed by atoms with Crippen LogP contribution in [-0.2, 0) is 6.42 Å². The first kappa shape index (κ1) is 21.3. The summed E-state index contributed by atoms with van der Waals surface area (Å²) in [7, 11) is 0. The van der Waals surface area contributed by atoms with Gasteiger partial charge in [-0.15, -0.1) is 0 Å². The van der Waals surface area contributed by atoms with E-state index in [4.69, 9.17) is 0 Å². The normalized spacial score (nSPS) is 10.6. The highest BCUT2D eigenvalue weighted by atomic mass is 16.1. The van der Waals surface area contributed by atoms with Gasteiger partial charge in [0.1, 0.15) is 0 Å². The molecule has 0 aliphatic heterocycles. The number of hydrogen-bond acceptors (Lipinski definition) is 3. The fourth-order valence-electron chi connectivity index (χ4n) is 3.58. The largest absolute Gasteiger partial charge is 0.385 e. The van der Waals surface area contributed by atoms with E-state index in [2.05, 4.69) is 52.9 Å². The van der Waals surface area contributed by atoms with Gasteiger partial charge in [-0.3, -0.25) is 9.78 Å². The Bertz CT molecular complexity index is 1180. The second kappa shape index (κ2) is 9.92. The number of carbonyl (C=O) groups is 1. The molecule has 4 rings (SSSR count). The lowest BCUT2D eigenvalue weighted by Crippen LogP contribution is -2.13. The van der Waals surface area contributed by atoms with Crippen molar-refractivity contribution in [1.82, 2.24) is 4.98 Å². The van der Waals surface area contributed by atoms with E-state index in [1.165, 1.54) is 5.56 Å². The Morgan fingerprint density at radius 2 is 1.53 bits per heavy atom. The number of aryl methyl sites for hydroxylation is 2. The highest BCUT2D eigenvalue weighted by Crippen LogP contribution is 2.26. The predicted molar refractivity (Wildman–Crippen MR) is 132 cm³/mol. The summed E-state index contributed by atoms with van der Waals surface area (Å²) >= 11 is 0. The Hall–Kier alpha value is -3.92. The zero-order chi connectivity index (χ0) is 22.3. The third kappa shape index (κ3) is 5.41. The molecule has 0 aliphatic carbocycles. The van der Waals surface area contributed by atoms with E-state index in [-0.39, 0.29) is 5.91 Å². The second-order valence-corrected chi connectivity index (χ2v) is 7.94. The second-order valence-electron chi connectivity index (χ2n) is 7.94. The molecule has 32 heavy (non-hydrogen) atoms. The van der Waals surface area contributed by atoms with Gasteiger partial charge in [-0.25, -0.2) is 0 Å². The molecular formula is C28H27N3O. The molecule has 0 aliphatic rings. The number of aromatic nitrogens is 1. The highest BCUT2D eigenvalue weighted by molar-refractivity contribution is 6.08. The lowest BCUT2D eigenvalue weighted by molar-refractivity contribution is 0.102. The molecule has 2 N–H and O–H groups in total. The van der Waals surface area contributed by atoms with Crippen LogP contribution in [0.3, 0.4) is 0 Å². The van der Waals surface area contributed by atoms with Crippen molar-refractivity contribution in [2.45, 2.75) is 20.3 Å². The van der Waals surface area contributed by atoms with Gasteiger partial charge >= 0.3 is 0 Å². The lowest BCUT2D eigenvalue weighted by atomic mass is 9.96. The Labute approximate surface area is 189 Å². The van der Waals surface area contributed by atoms with Gasteiger partial charge in [-0.2, -0.15) is 0 Å². The van der Waals surface area contributed by atoms with Crippen molar-refractivity contribution in [3.8, 4) is 11.1 Å². The van der Waals surface area contributed by atoms with Crippen LogP contribution in [0, 0.1) is 13.8 Å². The minimum Gasteiger partial charge on any atom is -0.385 e. The fourth-order valence-corrected chi connectivity index (χ4v) is 3.58. The zero-order valence-electron chi connectivity index (χ0n) is 18.4. The van der Waals surface area contributed by atoms with E-state index in [0.29, 0.717) is 5.56 Å². The summed E-state index contributed by atoms with van der Waals surface area (Å²) in [4.78, 5) is 17.4. The van der Waals surface area contributed by atoms with Crippen LogP contribution in [0.5, 0.6) is 0 Å². The van der Waals surface area contributed by atoms with E-state index in [1.54, 1.807) is 0 Å². The van der Waals surface area contributed by atoms with E-state index in [9.17, 15) is 4.79 Å². The molecule has 0 atom stereocenters. The van der Waals surface area contributed by atoms with Crippen molar-refractivity contribution >= 4 is 17.3 Å². The van der Waals surface area contributed by atoms with Crippen LogP contribution in [0.15, 0.2) is 91.1 Å². The molecule has 1 aromatic heterocycles. The molecule has 4 heteroatoms. The number of rotatable bonds is 7. The van der Waals surface area contributed by atoms with Gasteiger partial charge in [-0.1, -0.05) is 53.6 Å². The van der Waals surface area contributed by atoms with Crippen molar-refractivity contribution < 1.29 is 4.79 Å². The number of carbonyl (C=O) groups excluding carboxylic acids is 1. The number of pyridine rings is 1. The average Bonchev–Trinajstić information content (AvgIpc) is 2.81. The molecule has 0 spiro atoms. The number of benzene rings is 3. The first-order chi connectivity index (χ1) is 15.6. The molecule has 0 radical (unpaired) electrons. The van der Waals surface area contributed by atoms with Crippen LogP contribution in [0.2, 0.25) is 0 Å². The minimum absolute atomic E-state index is 0.114. The van der Waals surface area contributed by atoms with E-state index >= 15 is 0 Å². The Kier molecular flexibility index (Phi) is 6.61. The third-order valence-corrected chi connectivity index (χ3v) is 5.36.